The predicted octanol–water partition coefficient (Wildman–Crippen LogP) is 0.904. The summed E-state index contributed by atoms with van der Waals surface area (Å²) in [6, 6.07) is 9.49. The maximum absolute atomic E-state index is 9.31. The molecule has 0 aliphatic carbocycles. The molecule has 2 N–H and O–H groups in total. The predicted molar refractivity (Wildman–Crippen MR) is 48.9 cm³/mol. The average Bonchev–Trinajstić information content (AvgIpc) is 2.17. The molecule has 0 radical (unpaired) electrons. The summed E-state index contributed by atoms with van der Waals surface area (Å²) in [7, 11) is 0. The van der Waals surface area contributed by atoms with Crippen LogP contribution < -0.4 is 0 Å². The minimum atomic E-state index is -1.45. The summed E-state index contributed by atoms with van der Waals surface area (Å²) < 4.78 is 5.07. The smallest absolute Gasteiger partial charge is 0.186 e. The number of aliphatic hydroxyl groups is 2. The first-order chi connectivity index (χ1) is 6.14. The van der Waals surface area contributed by atoms with Crippen LogP contribution in [0.25, 0.3) is 0 Å². The molecule has 3 nitrogen and oxygen atoms in total. The van der Waals surface area contributed by atoms with E-state index in [1.807, 2.05) is 30.3 Å². The normalized spacial score (nSPS) is 15.3. The zero-order valence-electron chi connectivity index (χ0n) is 7.60. The lowest BCUT2D eigenvalue weighted by Gasteiger charge is -2.20. The fraction of sp³-hybridized carbons (Fsp3) is 0.400. The van der Waals surface area contributed by atoms with E-state index < -0.39 is 12.4 Å². The maximum atomic E-state index is 9.31. The van der Waals surface area contributed by atoms with Crippen molar-refractivity contribution >= 4 is 0 Å². The first-order valence-corrected chi connectivity index (χ1v) is 4.15. The Morgan fingerprint density at radius 3 is 2.46 bits per heavy atom. The molecule has 1 aromatic carbocycles. The Kier molecular flexibility index (Phi) is 3.42. The van der Waals surface area contributed by atoms with Gasteiger partial charge in [-0.3, -0.25) is 0 Å². The van der Waals surface area contributed by atoms with Crippen molar-refractivity contribution in [3.8, 4) is 0 Å². The third kappa shape index (κ3) is 3.55. The molecule has 0 saturated heterocycles. The fourth-order valence-corrected chi connectivity index (χ4v) is 0.859. The van der Waals surface area contributed by atoms with E-state index in [2.05, 4.69) is 0 Å². The SMILES string of the molecule is C[C@@](O)(CO)OCc1ccccc1. The van der Waals surface area contributed by atoms with Gasteiger partial charge in [-0.15, -0.1) is 0 Å². The first kappa shape index (κ1) is 10.2. The van der Waals surface area contributed by atoms with E-state index >= 15 is 0 Å². The van der Waals surface area contributed by atoms with Gasteiger partial charge in [-0.25, -0.2) is 0 Å². The van der Waals surface area contributed by atoms with Crippen LogP contribution >= 0.6 is 0 Å². The lowest BCUT2D eigenvalue weighted by molar-refractivity contribution is -0.217. The number of hydrogen-bond acceptors (Lipinski definition) is 3. The average molecular weight is 182 g/mol. The Bertz CT molecular complexity index is 244. The summed E-state index contributed by atoms with van der Waals surface area (Å²) in [5.41, 5.74) is 0.969. The number of ether oxygens (including phenoxy) is 1. The molecule has 0 amide bonds. The van der Waals surface area contributed by atoms with Crippen molar-refractivity contribution in [2.45, 2.75) is 19.3 Å². The topological polar surface area (TPSA) is 49.7 Å². The van der Waals surface area contributed by atoms with E-state index in [1.165, 1.54) is 6.92 Å². The third-order valence-electron chi connectivity index (χ3n) is 1.69. The Balaban J connectivity index is 2.44. The molecule has 0 bridgehead atoms. The van der Waals surface area contributed by atoms with Crippen molar-refractivity contribution in [1.82, 2.24) is 0 Å². The second-order valence-electron chi connectivity index (χ2n) is 3.11. The molecular formula is C10H14O3. The van der Waals surface area contributed by atoms with E-state index in [4.69, 9.17) is 9.84 Å². The van der Waals surface area contributed by atoms with E-state index in [0.29, 0.717) is 6.61 Å². The van der Waals surface area contributed by atoms with Crippen molar-refractivity contribution in [3.05, 3.63) is 35.9 Å². The largest absolute Gasteiger partial charge is 0.391 e. The van der Waals surface area contributed by atoms with Crippen molar-refractivity contribution < 1.29 is 14.9 Å². The van der Waals surface area contributed by atoms with E-state index in [-0.39, 0.29) is 0 Å². The van der Waals surface area contributed by atoms with Crippen molar-refractivity contribution in [3.63, 3.8) is 0 Å². The van der Waals surface area contributed by atoms with E-state index in [9.17, 15) is 5.11 Å². The van der Waals surface area contributed by atoms with Crippen LogP contribution in [-0.2, 0) is 11.3 Å². The summed E-state index contributed by atoms with van der Waals surface area (Å²) in [5, 5.41) is 18.0. The molecule has 1 atom stereocenters. The monoisotopic (exact) mass is 182 g/mol. The van der Waals surface area contributed by atoms with Crippen molar-refractivity contribution in [2.75, 3.05) is 6.61 Å². The van der Waals surface area contributed by atoms with Gasteiger partial charge in [0.2, 0.25) is 0 Å². The zero-order valence-corrected chi connectivity index (χ0v) is 7.60. The maximum Gasteiger partial charge on any atom is 0.186 e. The van der Waals surface area contributed by atoms with Crippen LogP contribution in [-0.4, -0.2) is 22.6 Å². The van der Waals surface area contributed by atoms with Crippen molar-refractivity contribution in [1.29, 1.82) is 0 Å². The fourth-order valence-electron chi connectivity index (χ4n) is 0.859. The molecule has 0 spiro atoms. The molecular weight excluding hydrogens is 168 g/mol. The molecule has 0 aliphatic heterocycles. The molecule has 0 fully saturated rings. The van der Waals surface area contributed by atoms with Crippen LogP contribution in [0.4, 0.5) is 0 Å². The van der Waals surface area contributed by atoms with Gasteiger partial charge in [-0.2, -0.15) is 0 Å². The molecule has 72 valence electrons. The minimum absolute atomic E-state index is 0.300. The lowest BCUT2D eigenvalue weighted by Crippen LogP contribution is -2.32. The quantitative estimate of drug-likeness (QED) is 0.680. The summed E-state index contributed by atoms with van der Waals surface area (Å²) in [6.07, 6.45) is 0. The highest BCUT2D eigenvalue weighted by Crippen LogP contribution is 2.09. The molecule has 1 aromatic rings. The van der Waals surface area contributed by atoms with Gasteiger partial charge >= 0.3 is 0 Å². The Hall–Kier alpha value is -0.900. The number of aliphatic hydroxyl groups excluding tert-OH is 1. The van der Waals surface area contributed by atoms with Crippen LogP contribution in [0.1, 0.15) is 12.5 Å². The van der Waals surface area contributed by atoms with Crippen LogP contribution in [0.2, 0.25) is 0 Å². The molecule has 0 unspecified atom stereocenters. The van der Waals surface area contributed by atoms with Gasteiger partial charge in [0, 0.05) is 0 Å². The lowest BCUT2D eigenvalue weighted by atomic mass is 10.2. The van der Waals surface area contributed by atoms with Crippen LogP contribution in [0.3, 0.4) is 0 Å². The second kappa shape index (κ2) is 4.37. The highest BCUT2D eigenvalue weighted by Gasteiger charge is 2.18. The molecule has 0 aromatic heterocycles. The number of hydrogen-bond donors (Lipinski definition) is 2. The van der Waals surface area contributed by atoms with Gasteiger partial charge in [0.1, 0.15) is 0 Å². The first-order valence-electron chi connectivity index (χ1n) is 4.15. The van der Waals surface area contributed by atoms with Crippen LogP contribution in [0, 0.1) is 0 Å². The molecule has 0 heterocycles. The van der Waals surface area contributed by atoms with Gasteiger partial charge in [0.05, 0.1) is 13.2 Å². The number of rotatable bonds is 4. The Morgan fingerprint density at radius 1 is 1.31 bits per heavy atom. The van der Waals surface area contributed by atoms with Gasteiger partial charge in [0.15, 0.2) is 5.79 Å². The van der Waals surface area contributed by atoms with Crippen molar-refractivity contribution in [2.24, 2.45) is 0 Å². The second-order valence-corrected chi connectivity index (χ2v) is 3.11. The highest BCUT2D eigenvalue weighted by molar-refractivity contribution is 5.13. The van der Waals surface area contributed by atoms with Gasteiger partial charge in [-0.1, -0.05) is 30.3 Å². The molecule has 1 rings (SSSR count). The van der Waals surface area contributed by atoms with Gasteiger partial charge < -0.3 is 14.9 Å². The van der Waals surface area contributed by atoms with Gasteiger partial charge in [0.25, 0.3) is 0 Å². The van der Waals surface area contributed by atoms with Crippen LogP contribution in [0.5, 0.6) is 0 Å². The van der Waals surface area contributed by atoms with E-state index in [0.717, 1.165) is 5.56 Å². The number of benzene rings is 1. The van der Waals surface area contributed by atoms with E-state index in [1.54, 1.807) is 0 Å². The Labute approximate surface area is 77.6 Å². The summed E-state index contributed by atoms with van der Waals surface area (Å²) >= 11 is 0. The van der Waals surface area contributed by atoms with Gasteiger partial charge in [-0.05, 0) is 12.5 Å². The Morgan fingerprint density at radius 2 is 1.92 bits per heavy atom. The third-order valence-corrected chi connectivity index (χ3v) is 1.69. The molecule has 3 heteroatoms. The molecule has 13 heavy (non-hydrogen) atoms. The summed E-state index contributed by atoms with van der Waals surface area (Å²) in [6.45, 7) is 1.32. The van der Waals surface area contributed by atoms with Crippen LogP contribution in [0.15, 0.2) is 30.3 Å². The summed E-state index contributed by atoms with van der Waals surface area (Å²) in [4.78, 5) is 0. The summed E-state index contributed by atoms with van der Waals surface area (Å²) in [5.74, 6) is -1.45. The standard InChI is InChI=1S/C10H14O3/c1-10(12,8-11)13-7-9-5-3-2-4-6-9/h2-6,11-12H,7-8H2,1H3/t10-/m0/s1. The zero-order chi connectivity index (χ0) is 9.73. The molecule has 0 saturated carbocycles. The minimum Gasteiger partial charge on any atom is -0.391 e. The molecule has 0 aliphatic rings. The highest BCUT2D eigenvalue weighted by atomic mass is 16.6.